The van der Waals surface area contributed by atoms with Gasteiger partial charge in [-0.1, -0.05) is 11.8 Å². The first-order valence-electron chi connectivity index (χ1n) is 8.34. The number of phenols is 1. The molecule has 0 atom stereocenters. The van der Waals surface area contributed by atoms with Crippen LogP contribution in [0, 0.1) is 0 Å². The van der Waals surface area contributed by atoms with Gasteiger partial charge in [0.2, 0.25) is 5.16 Å². The minimum absolute atomic E-state index is 0.0593. The van der Waals surface area contributed by atoms with Crippen LogP contribution in [0.5, 0.6) is 17.2 Å². The number of carbonyl (C=O) groups excluding carboxylic acids is 1. The van der Waals surface area contributed by atoms with Gasteiger partial charge in [0.15, 0.2) is 17.3 Å². The first-order chi connectivity index (χ1) is 13.2. The standard InChI is InChI=1S/C18H16N4O4S/c23-14-5-3-13(4-6-14)22-18(19-20-21-22)27-11-15(24)12-2-7-16-17(10-12)26-9-1-8-25-16/h2-7,10,23H,1,8-9,11H2. The maximum absolute atomic E-state index is 12.6. The molecule has 1 aliphatic heterocycles. The van der Waals surface area contributed by atoms with E-state index in [-0.39, 0.29) is 17.3 Å². The number of ketones is 1. The molecule has 0 spiro atoms. The Hall–Kier alpha value is -3.07. The lowest BCUT2D eigenvalue weighted by molar-refractivity contribution is 0.102. The van der Waals surface area contributed by atoms with Gasteiger partial charge in [-0.3, -0.25) is 4.79 Å². The second-order valence-corrected chi connectivity index (χ2v) is 6.76. The molecule has 1 aromatic heterocycles. The SMILES string of the molecule is O=C(CSc1nnnn1-c1ccc(O)cc1)c1ccc2c(c1)OCCCO2. The quantitative estimate of drug-likeness (QED) is 0.529. The van der Waals surface area contributed by atoms with Crippen molar-refractivity contribution in [2.75, 3.05) is 19.0 Å². The minimum Gasteiger partial charge on any atom is -0.508 e. The fraction of sp³-hybridized carbons (Fsp3) is 0.222. The molecule has 1 N–H and O–H groups in total. The molecule has 1 aliphatic rings. The number of hydrogen-bond acceptors (Lipinski definition) is 8. The van der Waals surface area contributed by atoms with Crippen molar-refractivity contribution in [3.63, 3.8) is 0 Å². The second kappa shape index (κ2) is 7.67. The zero-order valence-electron chi connectivity index (χ0n) is 14.2. The summed E-state index contributed by atoms with van der Waals surface area (Å²) in [4.78, 5) is 12.6. The van der Waals surface area contributed by atoms with Crippen LogP contribution in [0.4, 0.5) is 0 Å². The third kappa shape index (κ3) is 3.87. The van der Waals surface area contributed by atoms with Gasteiger partial charge < -0.3 is 14.6 Å². The van der Waals surface area contributed by atoms with Crippen molar-refractivity contribution in [3.8, 4) is 22.9 Å². The van der Waals surface area contributed by atoms with E-state index in [4.69, 9.17) is 9.47 Å². The molecule has 0 radical (unpaired) electrons. The predicted octanol–water partition coefficient (Wildman–Crippen LogP) is 2.50. The van der Waals surface area contributed by atoms with Crippen LogP contribution >= 0.6 is 11.8 Å². The van der Waals surface area contributed by atoms with Crippen molar-refractivity contribution in [1.82, 2.24) is 20.2 Å². The summed E-state index contributed by atoms with van der Waals surface area (Å²) in [5, 5.41) is 21.5. The van der Waals surface area contributed by atoms with Crippen LogP contribution in [-0.4, -0.2) is 50.1 Å². The lowest BCUT2D eigenvalue weighted by atomic mass is 10.1. The number of benzene rings is 2. The van der Waals surface area contributed by atoms with Crippen LogP contribution in [-0.2, 0) is 0 Å². The summed E-state index contributed by atoms with van der Waals surface area (Å²) >= 11 is 1.24. The van der Waals surface area contributed by atoms with Crippen molar-refractivity contribution >= 4 is 17.5 Å². The molecule has 0 amide bonds. The van der Waals surface area contributed by atoms with Gasteiger partial charge >= 0.3 is 0 Å². The number of aromatic hydroxyl groups is 1. The maximum atomic E-state index is 12.6. The smallest absolute Gasteiger partial charge is 0.214 e. The van der Waals surface area contributed by atoms with Gasteiger partial charge in [-0.25, -0.2) is 0 Å². The normalized spacial score (nSPS) is 13.2. The summed E-state index contributed by atoms with van der Waals surface area (Å²) in [5.41, 5.74) is 1.25. The number of nitrogens with zero attached hydrogens (tertiary/aromatic N) is 4. The molecule has 0 aliphatic carbocycles. The van der Waals surface area contributed by atoms with Crippen molar-refractivity contribution in [2.45, 2.75) is 11.6 Å². The number of carbonyl (C=O) groups is 1. The van der Waals surface area contributed by atoms with Crippen molar-refractivity contribution in [2.24, 2.45) is 0 Å². The molecule has 9 heteroatoms. The molecular formula is C18H16N4O4S. The van der Waals surface area contributed by atoms with E-state index >= 15 is 0 Å². The van der Waals surface area contributed by atoms with Crippen LogP contribution in [0.15, 0.2) is 47.6 Å². The maximum Gasteiger partial charge on any atom is 0.214 e. The molecule has 3 aromatic rings. The summed E-state index contributed by atoms with van der Waals surface area (Å²) in [5.74, 6) is 1.53. The number of fused-ring (bicyclic) bond motifs is 1. The zero-order chi connectivity index (χ0) is 18.6. The van der Waals surface area contributed by atoms with Gasteiger partial charge in [0, 0.05) is 12.0 Å². The topological polar surface area (TPSA) is 99.4 Å². The molecule has 27 heavy (non-hydrogen) atoms. The van der Waals surface area contributed by atoms with Gasteiger partial charge in [0.1, 0.15) is 5.75 Å². The van der Waals surface area contributed by atoms with Gasteiger partial charge in [-0.2, -0.15) is 4.68 Å². The number of thioether (sulfide) groups is 1. The number of aromatic nitrogens is 4. The van der Waals surface area contributed by atoms with E-state index in [9.17, 15) is 9.90 Å². The van der Waals surface area contributed by atoms with Crippen LogP contribution in [0.3, 0.4) is 0 Å². The summed E-state index contributed by atoms with van der Waals surface area (Å²) in [6.45, 7) is 1.18. The zero-order valence-corrected chi connectivity index (χ0v) is 15.1. The average molecular weight is 384 g/mol. The number of ether oxygens (including phenoxy) is 2. The largest absolute Gasteiger partial charge is 0.508 e. The van der Waals surface area contributed by atoms with Crippen LogP contribution < -0.4 is 9.47 Å². The van der Waals surface area contributed by atoms with Crippen molar-refractivity contribution in [3.05, 3.63) is 48.0 Å². The van der Waals surface area contributed by atoms with Crippen molar-refractivity contribution in [1.29, 1.82) is 0 Å². The first-order valence-corrected chi connectivity index (χ1v) is 9.33. The van der Waals surface area contributed by atoms with E-state index in [0.717, 1.165) is 6.42 Å². The number of hydrogen-bond donors (Lipinski definition) is 1. The highest BCUT2D eigenvalue weighted by atomic mass is 32.2. The fourth-order valence-corrected chi connectivity index (χ4v) is 3.36. The van der Waals surface area contributed by atoms with Gasteiger partial charge in [-0.05, 0) is 52.9 Å². The predicted molar refractivity (Wildman–Crippen MR) is 97.9 cm³/mol. The summed E-state index contributed by atoms with van der Waals surface area (Å²) < 4.78 is 12.7. The molecule has 2 heterocycles. The van der Waals surface area contributed by atoms with E-state index < -0.39 is 0 Å². The van der Waals surface area contributed by atoms with Crippen molar-refractivity contribution < 1.29 is 19.4 Å². The number of tetrazole rings is 1. The lowest BCUT2D eigenvalue weighted by Gasteiger charge is -2.09. The highest BCUT2D eigenvalue weighted by Gasteiger charge is 2.16. The Labute approximate surface area is 159 Å². The molecule has 0 bridgehead atoms. The third-order valence-corrected chi connectivity index (χ3v) is 4.86. The number of rotatable bonds is 5. The molecule has 138 valence electrons. The minimum atomic E-state index is -0.0593. The summed E-state index contributed by atoms with van der Waals surface area (Å²) in [7, 11) is 0. The van der Waals surface area contributed by atoms with E-state index in [1.807, 2.05) is 0 Å². The van der Waals surface area contributed by atoms with Crippen LogP contribution in [0.1, 0.15) is 16.8 Å². The van der Waals surface area contributed by atoms with E-state index in [1.165, 1.54) is 16.4 Å². The Bertz CT molecular complexity index is 958. The highest BCUT2D eigenvalue weighted by Crippen LogP contribution is 2.31. The van der Waals surface area contributed by atoms with Gasteiger partial charge in [0.05, 0.1) is 24.7 Å². The Morgan fingerprint density at radius 2 is 1.89 bits per heavy atom. The number of Topliss-reactive ketones (excluding diaryl/α,β-unsaturated/α-hetero) is 1. The molecule has 8 nitrogen and oxygen atoms in total. The molecule has 4 rings (SSSR count). The van der Waals surface area contributed by atoms with Gasteiger partial charge in [0.25, 0.3) is 0 Å². The van der Waals surface area contributed by atoms with E-state index in [0.29, 0.717) is 41.1 Å². The van der Waals surface area contributed by atoms with E-state index in [2.05, 4.69) is 15.5 Å². The Morgan fingerprint density at radius 1 is 1.11 bits per heavy atom. The summed E-state index contributed by atoms with van der Waals surface area (Å²) in [6.07, 6.45) is 0.813. The van der Waals surface area contributed by atoms with Crippen LogP contribution in [0.25, 0.3) is 5.69 Å². The second-order valence-electron chi connectivity index (χ2n) is 5.81. The monoisotopic (exact) mass is 384 g/mol. The molecule has 0 saturated carbocycles. The highest BCUT2D eigenvalue weighted by molar-refractivity contribution is 7.99. The molecule has 2 aromatic carbocycles. The number of phenolic OH excluding ortho intramolecular Hbond substituents is 1. The first kappa shape index (κ1) is 17.3. The average Bonchev–Trinajstić information content (AvgIpc) is 3.03. The summed E-state index contributed by atoms with van der Waals surface area (Å²) in [6, 6.07) is 11.7. The Morgan fingerprint density at radius 3 is 2.70 bits per heavy atom. The Balaban J connectivity index is 1.47. The Kier molecular flexibility index (Phi) is 4.93. The molecular weight excluding hydrogens is 368 g/mol. The fourth-order valence-electron chi connectivity index (χ4n) is 2.57. The van der Waals surface area contributed by atoms with E-state index in [1.54, 1.807) is 42.5 Å². The molecule has 0 unspecified atom stereocenters. The molecule has 0 fully saturated rings. The van der Waals surface area contributed by atoms with Crippen LogP contribution in [0.2, 0.25) is 0 Å². The third-order valence-electron chi connectivity index (χ3n) is 3.94. The lowest BCUT2D eigenvalue weighted by Crippen LogP contribution is -2.05. The van der Waals surface area contributed by atoms with Gasteiger partial charge in [-0.15, -0.1) is 5.10 Å². The molecule has 0 saturated heterocycles.